The van der Waals surface area contributed by atoms with Crippen molar-refractivity contribution < 1.29 is 9.53 Å². The smallest absolute Gasteiger partial charge is 0.260 e. The quantitative estimate of drug-likeness (QED) is 0.849. The van der Waals surface area contributed by atoms with Crippen LogP contribution in [-0.4, -0.2) is 28.1 Å². The molecule has 0 spiro atoms. The molecule has 0 fully saturated rings. The van der Waals surface area contributed by atoms with Crippen molar-refractivity contribution in [3.8, 4) is 0 Å². The molecular formula is C21H24N2O2. The third kappa shape index (κ3) is 3.58. The van der Waals surface area contributed by atoms with Crippen LogP contribution in [0.3, 0.4) is 0 Å². The molecule has 0 saturated heterocycles. The molecule has 1 amide bonds. The fourth-order valence-corrected chi connectivity index (χ4v) is 3.20. The predicted molar refractivity (Wildman–Crippen MR) is 98.6 cm³/mol. The maximum atomic E-state index is 13.2. The molecule has 2 aromatic rings. The van der Waals surface area contributed by atoms with Gasteiger partial charge in [0.15, 0.2) is 6.73 Å². The largest absolute Gasteiger partial charge is 0.477 e. The molecule has 2 heterocycles. The molecule has 0 unspecified atom stereocenters. The van der Waals surface area contributed by atoms with Crippen molar-refractivity contribution >= 4 is 11.5 Å². The zero-order valence-electron chi connectivity index (χ0n) is 15.2. The zero-order valence-corrected chi connectivity index (χ0v) is 15.2. The van der Waals surface area contributed by atoms with E-state index in [1.165, 1.54) is 0 Å². The van der Waals surface area contributed by atoms with Crippen molar-refractivity contribution in [2.75, 3.05) is 6.73 Å². The van der Waals surface area contributed by atoms with E-state index in [1.54, 1.807) is 4.90 Å². The third-order valence-electron chi connectivity index (χ3n) is 4.57. The lowest BCUT2D eigenvalue weighted by molar-refractivity contribution is -0.138. The number of pyridine rings is 1. The lowest BCUT2D eigenvalue weighted by atomic mass is 9.93. The highest BCUT2D eigenvalue weighted by Crippen LogP contribution is 2.31. The van der Waals surface area contributed by atoms with Crippen LogP contribution in [0.15, 0.2) is 54.3 Å². The summed E-state index contributed by atoms with van der Waals surface area (Å²) in [7, 11) is 0. The van der Waals surface area contributed by atoms with Crippen molar-refractivity contribution in [1.82, 2.24) is 9.88 Å². The SMILES string of the molecule is CC1=C(c2ccccc2)C(=O)N(C(C)(C)Cc2cccc(C)n2)CO1. The van der Waals surface area contributed by atoms with Crippen LogP contribution in [0.1, 0.15) is 37.7 Å². The summed E-state index contributed by atoms with van der Waals surface area (Å²) in [4.78, 5) is 19.6. The predicted octanol–water partition coefficient (Wildman–Crippen LogP) is 3.96. The molecule has 25 heavy (non-hydrogen) atoms. The van der Waals surface area contributed by atoms with Gasteiger partial charge < -0.3 is 4.74 Å². The van der Waals surface area contributed by atoms with Crippen molar-refractivity contribution in [3.63, 3.8) is 0 Å². The molecule has 0 atom stereocenters. The Labute approximate surface area is 149 Å². The minimum atomic E-state index is -0.404. The van der Waals surface area contributed by atoms with E-state index in [4.69, 9.17) is 4.74 Å². The molecule has 1 aromatic carbocycles. The Morgan fingerprint density at radius 1 is 1.08 bits per heavy atom. The lowest BCUT2D eigenvalue weighted by Gasteiger charge is -2.41. The van der Waals surface area contributed by atoms with Crippen LogP contribution in [0, 0.1) is 6.92 Å². The normalized spacial score (nSPS) is 15.4. The molecule has 0 saturated carbocycles. The first-order valence-electron chi connectivity index (χ1n) is 8.52. The molecule has 4 heteroatoms. The highest BCUT2D eigenvalue weighted by Gasteiger charge is 2.37. The molecule has 0 N–H and O–H groups in total. The Hall–Kier alpha value is -2.62. The fourth-order valence-electron chi connectivity index (χ4n) is 3.20. The molecule has 3 rings (SSSR count). The van der Waals surface area contributed by atoms with Gasteiger partial charge in [0.2, 0.25) is 0 Å². The molecule has 0 radical (unpaired) electrons. The molecule has 0 bridgehead atoms. The van der Waals surface area contributed by atoms with Crippen molar-refractivity contribution in [1.29, 1.82) is 0 Å². The minimum absolute atomic E-state index is 0.00704. The van der Waals surface area contributed by atoms with Gasteiger partial charge in [0.05, 0.1) is 5.57 Å². The Balaban J connectivity index is 1.89. The molecule has 1 aromatic heterocycles. The second kappa shape index (κ2) is 6.71. The van der Waals surface area contributed by atoms with Gasteiger partial charge in [-0.2, -0.15) is 0 Å². The van der Waals surface area contributed by atoms with E-state index in [-0.39, 0.29) is 12.6 Å². The maximum absolute atomic E-state index is 13.2. The number of amides is 1. The summed E-state index contributed by atoms with van der Waals surface area (Å²) in [6.07, 6.45) is 0.672. The average molecular weight is 336 g/mol. The summed E-state index contributed by atoms with van der Waals surface area (Å²) in [5.41, 5.74) is 3.08. The first-order chi connectivity index (χ1) is 11.9. The summed E-state index contributed by atoms with van der Waals surface area (Å²) >= 11 is 0. The van der Waals surface area contributed by atoms with Crippen molar-refractivity contribution in [3.05, 3.63) is 71.2 Å². The molecular weight excluding hydrogens is 312 g/mol. The number of aromatic nitrogens is 1. The van der Waals surface area contributed by atoms with E-state index < -0.39 is 5.54 Å². The Kier molecular flexibility index (Phi) is 4.62. The van der Waals surface area contributed by atoms with Gasteiger partial charge in [-0.25, -0.2) is 0 Å². The number of aryl methyl sites for hydroxylation is 1. The summed E-state index contributed by atoms with van der Waals surface area (Å²) in [5.74, 6) is 0.685. The monoisotopic (exact) mass is 336 g/mol. The number of benzene rings is 1. The Bertz CT molecular complexity index is 810. The number of allylic oxidation sites excluding steroid dienone is 1. The van der Waals surface area contributed by atoms with Crippen LogP contribution in [0.5, 0.6) is 0 Å². The second-order valence-corrected chi connectivity index (χ2v) is 7.06. The van der Waals surface area contributed by atoms with Gasteiger partial charge in [-0.1, -0.05) is 36.4 Å². The molecule has 0 aliphatic carbocycles. The standard InChI is InChI=1S/C21H24N2O2/c1-15-9-8-12-18(22-15)13-21(3,4)23-14-25-16(2)19(20(23)24)17-10-6-5-7-11-17/h5-12H,13-14H2,1-4H3. The summed E-state index contributed by atoms with van der Waals surface area (Å²) in [6, 6.07) is 15.7. The number of nitrogens with zero attached hydrogens (tertiary/aromatic N) is 2. The van der Waals surface area contributed by atoms with Gasteiger partial charge >= 0.3 is 0 Å². The number of carbonyl (C=O) groups is 1. The Morgan fingerprint density at radius 3 is 2.48 bits per heavy atom. The maximum Gasteiger partial charge on any atom is 0.260 e. The number of ether oxygens (including phenoxy) is 1. The van der Waals surface area contributed by atoms with Crippen molar-refractivity contribution in [2.45, 2.75) is 39.7 Å². The summed E-state index contributed by atoms with van der Waals surface area (Å²) in [6.45, 7) is 8.21. The molecule has 1 aliphatic heterocycles. The number of hydrogen-bond donors (Lipinski definition) is 0. The first kappa shape index (κ1) is 17.2. The average Bonchev–Trinajstić information content (AvgIpc) is 2.55. The minimum Gasteiger partial charge on any atom is -0.477 e. The van der Waals surface area contributed by atoms with Crippen LogP contribution in [0.4, 0.5) is 0 Å². The number of rotatable bonds is 4. The molecule has 4 nitrogen and oxygen atoms in total. The van der Waals surface area contributed by atoms with Gasteiger partial charge in [0.1, 0.15) is 5.76 Å². The summed E-state index contributed by atoms with van der Waals surface area (Å²) < 4.78 is 5.84. The lowest BCUT2D eigenvalue weighted by Crippen LogP contribution is -2.52. The van der Waals surface area contributed by atoms with Gasteiger partial charge in [-0.3, -0.25) is 14.7 Å². The van der Waals surface area contributed by atoms with Crippen LogP contribution in [-0.2, 0) is 16.0 Å². The molecule has 130 valence electrons. The van der Waals surface area contributed by atoms with Crippen LogP contribution >= 0.6 is 0 Å². The van der Waals surface area contributed by atoms with E-state index in [0.29, 0.717) is 17.8 Å². The van der Waals surface area contributed by atoms with Gasteiger partial charge in [-0.15, -0.1) is 0 Å². The van der Waals surface area contributed by atoms with E-state index in [1.807, 2.05) is 62.4 Å². The van der Waals surface area contributed by atoms with Gasteiger partial charge in [0.25, 0.3) is 5.91 Å². The van der Waals surface area contributed by atoms with Crippen LogP contribution < -0.4 is 0 Å². The van der Waals surface area contributed by atoms with Gasteiger partial charge in [0, 0.05) is 23.3 Å². The van der Waals surface area contributed by atoms with E-state index in [2.05, 4.69) is 18.8 Å². The van der Waals surface area contributed by atoms with E-state index in [0.717, 1.165) is 17.0 Å². The topological polar surface area (TPSA) is 42.4 Å². The Morgan fingerprint density at radius 2 is 1.80 bits per heavy atom. The van der Waals surface area contributed by atoms with Crippen LogP contribution in [0.2, 0.25) is 0 Å². The van der Waals surface area contributed by atoms with Crippen molar-refractivity contribution in [2.24, 2.45) is 0 Å². The number of carbonyl (C=O) groups excluding carboxylic acids is 1. The highest BCUT2D eigenvalue weighted by atomic mass is 16.5. The summed E-state index contributed by atoms with van der Waals surface area (Å²) in [5, 5.41) is 0. The first-order valence-corrected chi connectivity index (χ1v) is 8.52. The third-order valence-corrected chi connectivity index (χ3v) is 4.57. The zero-order chi connectivity index (χ0) is 18.0. The van der Waals surface area contributed by atoms with E-state index >= 15 is 0 Å². The number of hydrogen-bond acceptors (Lipinski definition) is 3. The van der Waals surface area contributed by atoms with Crippen LogP contribution in [0.25, 0.3) is 5.57 Å². The van der Waals surface area contributed by atoms with Gasteiger partial charge in [-0.05, 0) is 45.4 Å². The molecule has 1 aliphatic rings. The van der Waals surface area contributed by atoms with E-state index in [9.17, 15) is 4.79 Å². The fraction of sp³-hybridized carbons (Fsp3) is 0.333. The highest BCUT2D eigenvalue weighted by molar-refractivity contribution is 6.20. The second-order valence-electron chi connectivity index (χ2n) is 7.06.